The number of hydrogen-bond donors (Lipinski definition) is 2. The molecular weight excluding hydrogens is 374 g/mol. The molecule has 0 saturated heterocycles. The molecule has 0 unspecified atom stereocenters. The van der Waals surface area contributed by atoms with E-state index >= 15 is 0 Å². The van der Waals surface area contributed by atoms with Gasteiger partial charge in [0.15, 0.2) is 11.5 Å². The Morgan fingerprint density at radius 1 is 1.48 bits per heavy atom. The van der Waals surface area contributed by atoms with Gasteiger partial charge in [-0.05, 0) is 22.0 Å². The number of ether oxygens (including phenoxy) is 2. The van der Waals surface area contributed by atoms with Crippen LogP contribution in [-0.4, -0.2) is 34.0 Å². The molecule has 23 heavy (non-hydrogen) atoms. The predicted molar refractivity (Wildman–Crippen MR) is 80.6 cm³/mol. The lowest BCUT2D eigenvalue weighted by Gasteiger charge is -2.01. The second kappa shape index (κ2) is 6.04. The van der Waals surface area contributed by atoms with E-state index in [0.717, 1.165) is 6.21 Å². The van der Waals surface area contributed by atoms with Gasteiger partial charge in [0.1, 0.15) is 5.69 Å². The number of carbonyl (C=O) groups is 1. The zero-order valence-corrected chi connectivity index (χ0v) is 12.9. The number of nitrogens with zero attached hydrogens (tertiary/aromatic N) is 3. The molecule has 1 aromatic carbocycles. The largest absolute Gasteiger partial charge is 0.454 e. The number of H-pyrrole nitrogens is 1. The summed E-state index contributed by atoms with van der Waals surface area (Å²) in [6.45, 7) is -0.00231. The van der Waals surface area contributed by atoms with Gasteiger partial charge in [-0.1, -0.05) is 0 Å². The number of carbonyl (C=O) groups excluding carboxylic acids is 1. The summed E-state index contributed by atoms with van der Waals surface area (Å²) in [6, 6.07) is 2.67. The molecule has 10 nitrogen and oxygen atoms in total. The third-order valence-corrected chi connectivity index (χ3v) is 3.51. The SMILES string of the molecule is O=C(N/N=C/c1cc2c(cc1[N+](=O)[O-])OCO2)c1[nH]ncc1Br. The summed E-state index contributed by atoms with van der Waals surface area (Å²) in [5, 5.41) is 21.0. The van der Waals surface area contributed by atoms with Gasteiger partial charge in [-0.25, -0.2) is 5.43 Å². The first kappa shape index (κ1) is 15.0. The average Bonchev–Trinajstić information content (AvgIpc) is 3.14. The van der Waals surface area contributed by atoms with Crippen LogP contribution < -0.4 is 14.9 Å². The summed E-state index contributed by atoms with van der Waals surface area (Å²) in [4.78, 5) is 22.3. The molecular formula is C12H8BrN5O5. The van der Waals surface area contributed by atoms with Crippen LogP contribution in [0.2, 0.25) is 0 Å². The van der Waals surface area contributed by atoms with Crippen LogP contribution in [0.5, 0.6) is 11.5 Å². The Hall–Kier alpha value is -2.95. The number of rotatable bonds is 4. The minimum Gasteiger partial charge on any atom is -0.454 e. The smallest absolute Gasteiger partial charge is 0.290 e. The van der Waals surface area contributed by atoms with Crippen molar-refractivity contribution in [2.45, 2.75) is 0 Å². The molecule has 118 valence electrons. The molecule has 0 spiro atoms. The van der Waals surface area contributed by atoms with Gasteiger partial charge < -0.3 is 9.47 Å². The van der Waals surface area contributed by atoms with Crippen molar-refractivity contribution in [2.75, 3.05) is 6.79 Å². The molecule has 0 saturated carbocycles. The molecule has 3 rings (SSSR count). The Morgan fingerprint density at radius 2 is 2.22 bits per heavy atom. The van der Waals surface area contributed by atoms with Crippen molar-refractivity contribution >= 4 is 33.7 Å². The van der Waals surface area contributed by atoms with Crippen molar-refractivity contribution < 1.29 is 19.2 Å². The number of nitro groups is 1. The fourth-order valence-corrected chi connectivity index (χ4v) is 2.23. The Kier molecular flexibility index (Phi) is 3.93. The highest BCUT2D eigenvalue weighted by molar-refractivity contribution is 9.10. The van der Waals surface area contributed by atoms with Crippen molar-refractivity contribution in [3.8, 4) is 11.5 Å². The minimum atomic E-state index is -0.573. The molecule has 0 atom stereocenters. The maximum atomic E-state index is 11.8. The highest BCUT2D eigenvalue weighted by Crippen LogP contribution is 2.37. The van der Waals surface area contributed by atoms with Crippen molar-refractivity contribution in [1.82, 2.24) is 15.6 Å². The number of hydrogen-bond acceptors (Lipinski definition) is 7. The molecule has 0 bridgehead atoms. The van der Waals surface area contributed by atoms with E-state index in [9.17, 15) is 14.9 Å². The van der Waals surface area contributed by atoms with Crippen LogP contribution in [0.1, 0.15) is 16.1 Å². The maximum Gasteiger partial charge on any atom is 0.290 e. The van der Waals surface area contributed by atoms with Crippen molar-refractivity contribution in [2.24, 2.45) is 5.10 Å². The first-order chi connectivity index (χ1) is 11.1. The van der Waals surface area contributed by atoms with Gasteiger partial charge in [0, 0.05) is 0 Å². The molecule has 0 fully saturated rings. The van der Waals surface area contributed by atoms with Gasteiger partial charge in [0.2, 0.25) is 6.79 Å². The Morgan fingerprint density at radius 3 is 2.87 bits per heavy atom. The summed E-state index contributed by atoms with van der Waals surface area (Å²) < 4.78 is 10.7. The Bertz CT molecular complexity index is 818. The van der Waals surface area contributed by atoms with Crippen LogP contribution in [0.4, 0.5) is 5.69 Å². The van der Waals surface area contributed by atoms with Gasteiger partial charge in [0.05, 0.1) is 33.4 Å². The number of benzene rings is 1. The Labute approximate surface area is 136 Å². The standard InChI is InChI=1S/C12H8BrN5O5/c13-7-4-15-16-11(7)12(19)17-14-3-6-1-9-10(23-5-22-9)2-8(6)18(20)21/h1-4H,5H2,(H,15,16)(H,17,19)/b14-3+. The third-order valence-electron chi connectivity index (χ3n) is 2.91. The molecule has 2 N–H and O–H groups in total. The number of halogens is 1. The van der Waals surface area contributed by atoms with Crippen LogP contribution in [0, 0.1) is 10.1 Å². The van der Waals surface area contributed by atoms with E-state index in [1.165, 1.54) is 18.3 Å². The van der Waals surface area contributed by atoms with Gasteiger partial charge in [0.25, 0.3) is 11.6 Å². The Balaban J connectivity index is 1.81. The first-order valence-corrected chi connectivity index (χ1v) is 6.96. The van der Waals surface area contributed by atoms with E-state index in [-0.39, 0.29) is 23.7 Å². The van der Waals surface area contributed by atoms with Gasteiger partial charge in [-0.15, -0.1) is 0 Å². The number of fused-ring (bicyclic) bond motifs is 1. The molecule has 1 amide bonds. The van der Waals surface area contributed by atoms with Crippen LogP contribution in [0.3, 0.4) is 0 Å². The monoisotopic (exact) mass is 381 g/mol. The zero-order chi connectivity index (χ0) is 16.4. The maximum absolute atomic E-state index is 11.8. The lowest BCUT2D eigenvalue weighted by molar-refractivity contribution is -0.385. The molecule has 11 heteroatoms. The van der Waals surface area contributed by atoms with E-state index in [0.29, 0.717) is 16.0 Å². The number of hydrazone groups is 1. The summed E-state index contributed by atoms with van der Waals surface area (Å²) in [7, 11) is 0. The molecule has 2 heterocycles. The number of amides is 1. The summed E-state index contributed by atoms with van der Waals surface area (Å²) in [5.41, 5.74) is 2.38. The second-order valence-electron chi connectivity index (χ2n) is 4.31. The fourth-order valence-electron chi connectivity index (χ4n) is 1.86. The predicted octanol–water partition coefficient (Wildman–Crippen LogP) is 1.57. The molecule has 1 aliphatic rings. The van der Waals surface area contributed by atoms with Crippen molar-refractivity contribution in [1.29, 1.82) is 0 Å². The number of aromatic amines is 1. The average molecular weight is 382 g/mol. The van der Waals surface area contributed by atoms with Crippen LogP contribution in [0.25, 0.3) is 0 Å². The number of aromatic nitrogens is 2. The second-order valence-corrected chi connectivity index (χ2v) is 5.17. The van der Waals surface area contributed by atoms with E-state index in [1.54, 1.807) is 0 Å². The number of nitro benzene ring substituents is 1. The minimum absolute atomic E-state index is 0.00231. The van der Waals surface area contributed by atoms with Crippen LogP contribution in [0.15, 0.2) is 27.9 Å². The van der Waals surface area contributed by atoms with E-state index in [2.05, 4.69) is 36.7 Å². The fraction of sp³-hybridized carbons (Fsp3) is 0.0833. The van der Waals surface area contributed by atoms with Crippen molar-refractivity contribution in [3.63, 3.8) is 0 Å². The third kappa shape index (κ3) is 2.99. The van der Waals surface area contributed by atoms with E-state index in [1.807, 2.05) is 0 Å². The summed E-state index contributed by atoms with van der Waals surface area (Å²) in [5.74, 6) is 0.119. The molecule has 2 aromatic rings. The topological polar surface area (TPSA) is 132 Å². The summed E-state index contributed by atoms with van der Waals surface area (Å²) >= 11 is 3.14. The van der Waals surface area contributed by atoms with E-state index in [4.69, 9.17) is 9.47 Å². The van der Waals surface area contributed by atoms with Gasteiger partial charge in [-0.3, -0.25) is 20.0 Å². The first-order valence-electron chi connectivity index (χ1n) is 6.16. The highest BCUT2D eigenvalue weighted by Gasteiger charge is 2.22. The van der Waals surface area contributed by atoms with Crippen molar-refractivity contribution in [3.05, 3.63) is 44.2 Å². The molecule has 1 aliphatic heterocycles. The molecule has 1 aromatic heterocycles. The van der Waals surface area contributed by atoms with Crippen LogP contribution >= 0.6 is 15.9 Å². The quantitative estimate of drug-likeness (QED) is 0.469. The van der Waals surface area contributed by atoms with Gasteiger partial charge >= 0.3 is 0 Å². The summed E-state index contributed by atoms with van der Waals surface area (Å²) in [6.07, 6.45) is 2.57. The normalized spacial score (nSPS) is 12.6. The molecule has 0 radical (unpaired) electrons. The lowest BCUT2D eigenvalue weighted by atomic mass is 10.1. The highest BCUT2D eigenvalue weighted by atomic mass is 79.9. The van der Waals surface area contributed by atoms with Crippen LogP contribution in [-0.2, 0) is 0 Å². The number of nitrogens with one attached hydrogen (secondary N) is 2. The van der Waals surface area contributed by atoms with Gasteiger partial charge in [-0.2, -0.15) is 10.2 Å². The lowest BCUT2D eigenvalue weighted by Crippen LogP contribution is -2.18. The zero-order valence-electron chi connectivity index (χ0n) is 11.3. The van der Waals surface area contributed by atoms with E-state index < -0.39 is 10.8 Å². The molecule has 0 aliphatic carbocycles.